The van der Waals surface area contributed by atoms with Gasteiger partial charge in [-0.05, 0) is 55.9 Å². The maximum atomic E-state index is 9.90. The van der Waals surface area contributed by atoms with Crippen molar-refractivity contribution in [1.82, 2.24) is 9.97 Å². The molecule has 2 heterocycles. The lowest BCUT2D eigenvalue weighted by Crippen LogP contribution is -1.99. The van der Waals surface area contributed by atoms with Gasteiger partial charge >= 0.3 is 0 Å². The van der Waals surface area contributed by atoms with Crippen molar-refractivity contribution in [2.75, 3.05) is 0 Å². The molecule has 43 heavy (non-hydrogen) atoms. The number of nitriles is 2. The Balaban J connectivity index is 1.58. The summed E-state index contributed by atoms with van der Waals surface area (Å²) in [5.41, 5.74) is 6.33. The maximum Gasteiger partial charge on any atom is 0.177 e. The van der Waals surface area contributed by atoms with Gasteiger partial charge in [0.25, 0.3) is 0 Å². The lowest BCUT2D eigenvalue weighted by atomic mass is 9.85. The van der Waals surface area contributed by atoms with E-state index in [9.17, 15) is 10.5 Å². The van der Waals surface area contributed by atoms with Gasteiger partial charge in [-0.15, -0.1) is 0 Å². The van der Waals surface area contributed by atoms with Crippen LogP contribution in [0.1, 0.15) is 11.4 Å². The van der Waals surface area contributed by atoms with Crippen LogP contribution in [0.25, 0.3) is 76.9 Å². The molecule has 0 amide bonds. The molecule has 0 saturated heterocycles. The zero-order valence-corrected chi connectivity index (χ0v) is 22.7. The summed E-state index contributed by atoms with van der Waals surface area (Å²) in [5, 5.41) is 25.7. The van der Waals surface area contributed by atoms with Gasteiger partial charge in [-0.25, -0.2) is 9.97 Å². The third kappa shape index (κ3) is 3.70. The van der Waals surface area contributed by atoms with Crippen LogP contribution in [0.4, 0.5) is 0 Å². The molecular formula is C38H20N4O. The third-order valence-electron chi connectivity index (χ3n) is 8.08. The highest BCUT2D eigenvalue weighted by molar-refractivity contribution is 6.27. The Kier molecular flexibility index (Phi) is 5.50. The number of rotatable bonds is 3. The second kappa shape index (κ2) is 9.66. The van der Waals surface area contributed by atoms with Gasteiger partial charge in [0.1, 0.15) is 17.9 Å². The summed E-state index contributed by atoms with van der Waals surface area (Å²) in [5.74, 6) is 0.789. The van der Waals surface area contributed by atoms with Crippen molar-refractivity contribution >= 4 is 43.4 Å². The molecule has 0 saturated carbocycles. The summed E-state index contributed by atoms with van der Waals surface area (Å²) in [6.45, 7) is 0. The second-order valence-corrected chi connectivity index (χ2v) is 10.3. The number of fused-ring (bicyclic) bond motifs is 7. The molecule has 0 spiro atoms. The first-order valence-corrected chi connectivity index (χ1v) is 13.9. The van der Waals surface area contributed by atoms with Crippen molar-refractivity contribution in [3.05, 3.63) is 133 Å². The summed E-state index contributed by atoms with van der Waals surface area (Å²) in [6, 6.07) is 43.3. The van der Waals surface area contributed by atoms with Gasteiger partial charge in [-0.3, -0.25) is 0 Å². The molecule has 0 aliphatic rings. The molecule has 5 nitrogen and oxygen atoms in total. The van der Waals surface area contributed by atoms with Crippen molar-refractivity contribution < 1.29 is 4.42 Å². The Bertz CT molecular complexity index is 2480. The first-order chi connectivity index (χ1) is 21.3. The van der Waals surface area contributed by atoms with E-state index in [1.807, 2.05) is 48.5 Å². The van der Waals surface area contributed by atoms with E-state index in [1.54, 1.807) is 6.26 Å². The predicted octanol–water partition coefficient (Wildman–Crippen LogP) is 9.43. The Morgan fingerprint density at radius 1 is 0.488 bits per heavy atom. The highest BCUT2D eigenvalue weighted by atomic mass is 16.3. The first kappa shape index (κ1) is 24.5. The molecule has 0 aliphatic carbocycles. The third-order valence-corrected chi connectivity index (χ3v) is 8.08. The average Bonchev–Trinajstić information content (AvgIpc) is 3.62. The van der Waals surface area contributed by atoms with E-state index in [1.165, 1.54) is 0 Å². The Morgan fingerprint density at radius 2 is 1.14 bits per heavy atom. The van der Waals surface area contributed by atoms with Crippen molar-refractivity contribution in [3.63, 3.8) is 0 Å². The summed E-state index contributed by atoms with van der Waals surface area (Å²) < 4.78 is 5.89. The minimum absolute atomic E-state index is 0.0169. The number of hydrogen-bond acceptors (Lipinski definition) is 5. The van der Waals surface area contributed by atoms with Gasteiger partial charge < -0.3 is 4.42 Å². The lowest BCUT2D eigenvalue weighted by Gasteiger charge is -2.19. The molecule has 8 aromatic rings. The molecule has 0 atom stereocenters. The SMILES string of the molecule is N#Cc1nc2c3ccccc3c3cccc(-c4ccc5ccccc5c4-c4ccccc4-c4ccco4)c3c2nc1C#N. The van der Waals surface area contributed by atoms with Crippen LogP contribution in [0.2, 0.25) is 0 Å². The zero-order chi connectivity index (χ0) is 28.9. The molecule has 6 aromatic carbocycles. The molecule has 0 bridgehead atoms. The molecule has 8 rings (SSSR count). The minimum Gasteiger partial charge on any atom is -0.464 e. The van der Waals surface area contributed by atoms with Crippen molar-refractivity contribution in [3.8, 4) is 45.7 Å². The van der Waals surface area contributed by atoms with Gasteiger partial charge in [0.05, 0.1) is 17.3 Å². The van der Waals surface area contributed by atoms with E-state index in [0.717, 1.165) is 65.9 Å². The standard InChI is InChI=1S/C38H20N4O/c39-21-32-33(22-40)42-38-36-27(25-11-3-6-14-31(25)37(38)41-32)15-7-16-29(36)30-19-18-23-9-1-2-10-24(23)35(30)28-13-5-4-12-26(28)34-17-8-20-43-34/h1-20H. The van der Waals surface area contributed by atoms with E-state index in [-0.39, 0.29) is 11.4 Å². The highest BCUT2D eigenvalue weighted by Gasteiger charge is 2.22. The van der Waals surface area contributed by atoms with Crippen LogP contribution in [0, 0.1) is 22.7 Å². The summed E-state index contributed by atoms with van der Waals surface area (Å²) in [4.78, 5) is 9.49. The van der Waals surface area contributed by atoms with Crippen LogP contribution in [-0.4, -0.2) is 9.97 Å². The van der Waals surface area contributed by atoms with Crippen LogP contribution in [0.5, 0.6) is 0 Å². The van der Waals surface area contributed by atoms with Gasteiger partial charge in [0.2, 0.25) is 0 Å². The van der Waals surface area contributed by atoms with Crippen molar-refractivity contribution in [2.24, 2.45) is 0 Å². The van der Waals surface area contributed by atoms with E-state index in [4.69, 9.17) is 14.4 Å². The molecule has 0 radical (unpaired) electrons. The fourth-order valence-electron chi connectivity index (χ4n) is 6.27. The summed E-state index contributed by atoms with van der Waals surface area (Å²) in [7, 11) is 0. The predicted molar refractivity (Wildman–Crippen MR) is 170 cm³/mol. The zero-order valence-electron chi connectivity index (χ0n) is 22.7. The molecule has 0 aliphatic heterocycles. The fraction of sp³-hybridized carbons (Fsp3) is 0. The Morgan fingerprint density at radius 3 is 1.91 bits per heavy atom. The maximum absolute atomic E-state index is 9.90. The molecule has 5 heteroatoms. The number of nitrogens with zero attached hydrogens (tertiary/aromatic N) is 4. The molecule has 198 valence electrons. The van der Waals surface area contributed by atoms with E-state index in [0.29, 0.717) is 11.0 Å². The molecule has 0 fully saturated rings. The van der Waals surface area contributed by atoms with Crippen LogP contribution in [0.3, 0.4) is 0 Å². The van der Waals surface area contributed by atoms with Crippen molar-refractivity contribution in [1.29, 1.82) is 10.5 Å². The Labute approximate surface area is 246 Å². The average molecular weight is 549 g/mol. The minimum atomic E-state index is 0.0169. The van der Waals surface area contributed by atoms with Gasteiger partial charge in [0.15, 0.2) is 11.4 Å². The van der Waals surface area contributed by atoms with Crippen molar-refractivity contribution in [2.45, 2.75) is 0 Å². The number of hydrogen-bond donors (Lipinski definition) is 0. The molecule has 2 aromatic heterocycles. The van der Waals surface area contributed by atoms with E-state index >= 15 is 0 Å². The monoisotopic (exact) mass is 548 g/mol. The Hall–Kier alpha value is -6.30. The summed E-state index contributed by atoms with van der Waals surface area (Å²) in [6.07, 6.45) is 1.69. The van der Waals surface area contributed by atoms with Gasteiger partial charge in [-0.2, -0.15) is 10.5 Å². The topological polar surface area (TPSA) is 86.5 Å². The number of aromatic nitrogens is 2. The van der Waals surface area contributed by atoms with Crippen LogP contribution in [0.15, 0.2) is 126 Å². The first-order valence-electron chi connectivity index (χ1n) is 13.9. The highest BCUT2D eigenvalue weighted by Crippen LogP contribution is 2.46. The van der Waals surface area contributed by atoms with Crippen LogP contribution >= 0.6 is 0 Å². The van der Waals surface area contributed by atoms with Crippen LogP contribution < -0.4 is 0 Å². The fourth-order valence-corrected chi connectivity index (χ4v) is 6.27. The molecule has 0 N–H and O–H groups in total. The normalized spacial score (nSPS) is 11.2. The van der Waals surface area contributed by atoms with Gasteiger partial charge in [-0.1, -0.05) is 103 Å². The van der Waals surface area contributed by atoms with E-state index in [2.05, 4.69) is 78.9 Å². The summed E-state index contributed by atoms with van der Waals surface area (Å²) >= 11 is 0. The van der Waals surface area contributed by atoms with E-state index < -0.39 is 0 Å². The lowest BCUT2D eigenvalue weighted by molar-refractivity contribution is 0.582. The molecule has 0 unspecified atom stereocenters. The quantitative estimate of drug-likeness (QED) is 0.205. The molecular weight excluding hydrogens is 528 g/mol. The number of furan rings is 1. The van der Waals surface area contributed by atoms with Crippen LogP contribution in [-0.2, 0) is 0 Å². The largest absolute Gasteiger partial charge is 0.464 e. The second-order valence-electron chi connectivity index (χ2n) is 10.3. The number of benzene rings is 6. The van der Waals surface area contributed by atoms with Gasteiger partial charge in [0, 0.05) is 16.3 Å². The smallest absolute Gasteiger partial charge is 0.177 e.